The number of likely N-dealkylation sites (N-methyl/N-ethyl adjacent to an activating group) is 2. The highest BCUT2D eigenvalue weighted by Gasteiger charge is 2.35. The molecule has 0 aliphatic carbocycles. The molecule has 0 amide bonds. The zero-order valence-corrected chi connectivity index (χ0v) is 35.0. The Kier molecular flexibility index (Phi) is 9.71. The highest BCUT2D eigenvalue weighted by Crippen LogP contribution is 2.40. The van der Waals surface area contributed by atoms with Crippen molar-refractivity contribution in [1.82, 2.24) is 48.9 Å². The molecule has 11 nitrogen and oxygen atoms in total. The first-order valence-electron chi connectivity index (χ1n) is 20.4. The van der Waals surface area contributed by atoms with Gasteiger partial charge in [-0.25, -0.2) is 9.97 Å². The monoisotopic (exact) mass is 768 g/mol. The van der Waals surface area contributed by atoms with E-state index in [2.05, 4.69) is 111 Å². The van der Waals surface area contributed by atoms with E-state index in [1.54, 1.807) is 0 Å². The van der Waals surface area contributed by atoms with Gasteiger partial charge in [0.05, 0.1) is 12.4 Å². The van der Waals surface area contributed by atoms with Crippen LogP contribution in [0.4, 0.5) is 0 Å². The Bertz CT molecular complexity index is 2440. The van der Waals surface area contributed by atoms with Gasteiger partial charge in [-0.15, -0.1) is 0 Å². The number of nitrogens with zero attached hydrogens (tertiary/aromatic N) is 9. The molecule has 10 heterocycles. The van der Waals surface area contributed by atoms with Crippen molar-refractivity contribution in [2.24, 2.45) is 14.1 Å². The lowest BCUT2D eigenvalue weighted by Gasteiger charge is -2.30. The molecule has 56 heavy (non-hydrogen) atoms. The van der Waals surface area contributed by atoms with Crippen molar-refractivity contribution in [2.45, 2.75) is 95.1 Å². The third-order valence-corrected chi connectivity index (χ3v) is 14.4. The number of H-pyrrole nitrogens is 1. The fourth-order valence-electron chi connectivity index (χ4n) is 9.27. The lowest BCUT2D eigenvalue weighted by Crippen LogP contribution is -2.34. The minimum atomic E-state index is -1.10. The van der Waals surface area contributed by atoms with Gasteiger partial charge in [0.25, 0.3) is 0 Å². The third-order valence-electron chi connectivity index (χ3n) is 12.7. The molecule has 4 bridgehead atoms. The molecule has 2 saturated heterocycles. The Labute approximate surface area is 331 Å². The highest BCUT2D eigenvalue weighted by molar-refractivity contribution is 6.76. The van der Waals surface area contributed by atoms with Crippen molar-refractivity contribution < 1.29 is 4.74 Å². The summed E-state index contributed by atoms with van der Waals surface area (Å²) >= 11 is 0. The van der Waals surface area contributed by atoms with Crippen molar-refractivity contribution in [3.05, 3.63) is 85.0 Å². The first kappa shape index (κ1) is 37.0. The Balaban J connectivity index is 0.000000152. The molecule has 10 rings (SSSR count). The molecular formula is C44H56N10OSi. The van der Waals surface area contributed by atoms with Crippen LogP contribution in [0.2, 0.25) is 25.7 Å². The Morgan fingerprint density at radius 2 is 1.29 bits per heavy atom. The molecule has 1 N–H and O–H groups in total. The van der Waals surface area contributed by atoms with Crippen molar-refractivity contribution >= 4 is 41.3 Å². The van der Waals surface area contributed by atoms with Crippen molar-refractivity contribution in [2.75, 3.05) is 20.7 Å². The maximum atomic E-state index is 6.07. The summed E-state index contributed by atoms with van der Waals surface area (Å²) in [6.45, 7) is 8.49. The van der Waals surface area contributed by atoms with Gasteiger partial charge >= 0.3 is 0 Å². The van der Waals surface area contributed by atoms with E-state index in [0.29, 0.717) is 30.9 Å². The second kappa shape index (κ2) is 14.7. The predicted octanol–water partition coefficient (Wildman–Crippen LogP) is 8.21. The number of rotatable bonds is 9. The zero-order valence-electron chi connectivity index (χ0n) is 34.0. The normalized spacial score (nSPS) is 22.5. The molecule has 0 aromatic carbocycles. The van der Waals surface area contributed by atoms with E-state index >= 15 is 0 Å². The third kappa shape index (κ3) is 7.24. The molecule has 4 atom stereocenters. The molecule has 4 unspecified atom stereocenters. The van der Waals surface area contributed by atoms with Crippen molar-refractivity contribution in [3.8, 4) is 22.3 Å². The lowest BCUT2D eigenvalue weighted by molar-refractivity contribution is 0.0899. The van der Waals surface area contributed by atoms with Gasteiger partial charge in [0.2, 0.25) is 0 Å². The second-order valence-electron chi connectivity index (χ2n) is 17.8. The minimum absolute atomic E-state index is 0.533. The number of aromatic nitrogens is 8. The number of aromatic amines is 1. The van der Waals surface area contributed by atoms with E-state index in [0.717, 1.165) is 41.9 Å². The van der Waals surface area contributed by atoms with E-state index in [4.69, 9.17) is 9.72 Å². The van der Waals surface area contributed by atoms with Crippen LogP contribution in [-0.4, -0.2) is 102 Å². The summed E-state index contributed by atoms with van der Waals surface area (Å²) in [5, 5.41) is 11.0. The van der Waals surface area contributed by atoms with E-state index in [9.17, 15) is 0 Å². The van der Waals surface area contributed by atoms with Crippen LogP contribution in [0, 0.1) is 0 Å². The zero-order chi connectivity index (χ0) is 38.7. The van der Waals surface area contributed by atoms with Crippen molar-refractivity contribution in [1.29, 1.82) is 0 Å². The minimum Gasteiger partial charge on any atom is -0.361 e. The number of fused-ring (bicyclic) bond motifs is 6. The first-order chi connectivity index (χ1) is 27.0. The molecule has 6 aromatic rings. The van der Waals surface area contributed by atoms with Gasteiger partial charge in [-0.1, -0.05) is 31.8 Å². The number of hydrogen-bond acceptors (Lipinski definition) is 7. The summed E-state index contributed by atoms with van der Waals surface area (Å²) in [6.07, 6.45) is 28.6. The van der Waals surface area contributed by atoms with Gasteiger partial charge in [0, 0.05) is 123 Å². The van der Waals surface area contributed by atoms with Crippen LogP contribution in [0.15, 0.2) is 73.9 Å². The van der Waals surface area contributed by atoms with Gasteiger partial charge in [-0.05, 0) is 93.1 Å². The van der Waals surface area contributed by atoms with Gasteiger partial charge in [-0.3, -0.25) is 19.2 Å². The molecule has 292 valence electrons. The highest BCUT2D eigenvalue weighted by atomic mass is 28.3. The quantitative estimate of drug-likeness (QED) is 0.117. The Hall–Kier alpha value is -4.62. The van der Waals surface area contributed by atoms with Crippen LogP contribution in [0.25, 0.3) is 55.5 Å². The molecule has 6 aromatic heterocycles. The maximum Gasteiger partial charge on any atom is 0.142 e. The molecule has 0 radical (unpaired) electrons. The van der Waals surface area contributed by atoms with Gasteiger partial charge in [-0.2, -0.15) is 10.2 Å². The summed E-state index contributed by atoms with van der Waals surface area (Å²) in [5.41, 5.74) is 11.9. The standard InChI is InChI=1S/C25H35N5OSi.C19H21N5/c1-28-15-20(14-27-28)24-16-30(17-31-8-9-32(3,4)5)25-23(24)12-19(13-26-25)18-10-21-6-7-22(11-18)29(21)2;1-23-11-14(9-22-23)18-10-21-19-17(18)7-13(8-20-19)12-5-15-3-4-16(6-12)24(15)2/h10,12-16,21-22H,6-9,11,17H2,1-5H3;5,7-11,15-16H,3-4,6H2,1-2H3,(H,20,21). The fraction of sp³-hybridized carbons (Fsp3) is 0.455. The molecule has 0 spiro atoms. The first-order valence-corrected chi connectivity index (χ1v) is 24.1. The number of ether oxygens (including phenoxy) is 1. The van der Waals surface area contributed by atoms with Crippen molar-refractivity contribution in [3.63, 3.8) is 0 Å². The van der Waals surface area contributed by atoms with E-state index in [-0.39, 0.29) is 0 Å². The predicted molar refractivity (Wildman–Crippen MR) is 229 cm³/mol. The lowest BCUT2D eigenvalue weighted by atomic mass is 9.95. The average molecular weight is 769 g/mol. The summed E-state index contributed by atoms with van der Waals surface area (Å²) in [5.74, 6) is 0. The van der Waals surface area contributed by atoms with E-state index in [1.807, 2.05) is 54.4 Å². The Morgan fingerprint density at radius 1 is 0.696 bits per heavy atom. The van der Waals surface area contributed by atoms with Crippen LogP contribution >= 0.6 is 0 Å². The smallest absolute Gasteiger partial charge is 0.142 e. The SMILES string of the molecule is CN1C2C=C(c3cnc4[nH]cc(-c5cnn(C)c5)c4c3)CC1CC2.CN1C2C=C(c3cnc4c(c3)c(-c3cnn(C)c3)cn4COCC[Si](C)(C)C)CC1CC2. The largest absolute Gasteiger partial charge is 0.361 e. The summed E-state index contributed by atoms with van der Waals surface area (Å²) < 4.78 is 11.9. The number of aryl methyl sites for hydroxylation is 2. The van der Waals surface area contributed by atoms with Crippen LogP contribution in [0.5, 0.6) is 0 Å². The van der Waals surface area contributed by atoms with Gasteiger partial charge in [0.1, 0.15) is 18.0 Å². The van der Waals surface area contributed by atoms with Crippen LogP contribution < -0.4 is 0 Å². The number of nitrogens with one attached hydrogen (secondary N) is 1. The summed E-state index contributed by atoms with van der Waals surface area (Å²) in [6, 6.07) is 8.31. The average Bonchev–Trinajstić information content (AvgIpc) is 4.02. The molecule has 2 fully saturated rings. The molecule has 4 aliphatic heterocycles. The second-order valence-corrected chi connectivity index (χ2v) is 23.4. The van der Waals surface area contributed by atoms with Crippen LogP contribution in [0.3, 0.4) is 0 Å². The fourth-order valence-corrected chi connectivity index (χ4v) is 10.0. The van der Waals surface area contributed by atoms with Gasteiger partial charge in [0.15, 0.2) is 0 Å². The topological polar surface area (TPSA) is 97.9 Å². The maximum absolute atomic E-state index is 6.07. The molecular weight excluding hydrogens is 713 g/mol. The van der Waals surface area contributed by atoms with Crippen LogP contribution in [-0.2, 0) is 25.6 Å². The number of hydrogen-bond donors (Lipinski definition) is 1. The number of pyridine rings is 2. The molecule has 4 aliphatic rings. The van der Waals surface area contributed by atoms with Gasteiger partial charge < -0.3 is 14.3 Å². The van der Waals surface area contributed by atoms with E-state index < -0.39 is 8.07 Å². The summed E-state index contributed by atoms with van der Waals surface area (Å²) in [4.78, 5) is 17.9. The Morgan fingerprint density at radius 3 is 1.86 bits per heavy atom. The molecule has 0 saturated carbocycles. The molecule has 12 heteroatoms. The van der Waals surface area contributed by atoms with Crippen LogP contribution in [0.1, 0.15) is 49.7 Å². The summed E-state index contributed by atoms with van der Waals surface area (Å²) in [7, 11) is 7.32. The van der Waals surface area contributed by atoms with E-state index in [1.165, 1.54) is 75.9 Å².